The number of carbonyl (C=O) groups is 6. The van der Waals surface area contributed by atoms with Gasteiger partial charge in [0.2, 0.25) is 29.5 Å². The number of hydrogen-bond acceptors (Lipinski definition) is 13. The smallest absolute Gasteiger partial charge is 0.343 e. The number of aliphatic hydroxyl groups excluding tert-OH is 1. The molecule has 348 valence electrons. The van der Waals surface area contributed by atoms with Crippen LogP contribution >= 0.6 is 0 Å². The van der Waals surface area contributed by atoms with Crippen molar-refractivity contribution in [1.82, 2.24) is 41.5 Å². The third-order valence-electron chi connectivity index (χ3n) is 13.0. The third kappa shape index (κ3) is 8.88. The molecule has 4 aromatic rings. The second-order valence-corrected chi connectivity index (χ2v) is 17.1. The fourth-order valence-electron chi connectivity index (χ4n) is 9.04. The Hall–Kier alpha value is -6.61. The van der Waals surface area contributed by atoms with Gasteiger partial charge in [-0.1, -0.05) is 37.3 Å². The highest BCUT2D eigenvalue weighted by molar-refractivity contribution is 5.95. The van der Waals surface area contributed by atoms with Gasteiger partial charge in [0.1, 0.15) is 25.2 Å². The van der Waals surface area contributed by atoms with Crippen LogP contribution in [0.5, 0.6) is 0 Å². The van der Waals surface area contributed by atoms with Crippen molar-refractivity contribution in [2.45, 2.75) is 83.2 Å². The van der Waals surface area contributed by atoms with Crippen LogP contribution in [0.25, 0.3) is 22.3 Å². The zero-order valence-corrected chi connectivity index (χ0v) is 36.4. The summed E-state index contributed by atoms with van der Waals surface area (Å²) in [5, 5.41) is 36.6. The lowest BCUT2D eigenvalue weighted by molar-refractivity contribution is -0.172. The van der Waals surface area contributed by atoms with Crippen molar-refractivity contribution in [2.24, 2.45) is 5.41 Å². The predicted molar refractivity (Wildman–Crippen MR) is 232 cm³/mol. The number of nitrogens with zero attached hydrogens (tertiary/aromatic N) is 2. The molecular weight excluding hydrogens is 860 g/mol. The maximum absolute atomic E-state index is 15.4. The van der Waals surface area contributed by atoms with Gasteiger partial charge in [-0.05, 0) is 67.3 Å². The molecule has 19 nitrogen and oxygen atoms in total. The van der Waals surface area contributed by atoms with E-state index in [1.807, 2.05) is 0 Å². The van der Waals surface area contributed by atoms with Crippen molar-refractivity contribution in [1.29, 1.82) is 0 Å². The lowest BCUT2D eigenvalue weighted by Crippen LogP contribution is -2.52. The number of halogens is 1. The molecule has 8 N–H and O–H groups in total. The summed E-state index contributed by atoms with van der Waals surface area (Å²) < 4.78 is 27.9. The number of pyridine rings is 2. The number of ether oxygens (including phenoxy) is 2. The molecule has 2 aliphatic carbocycles. The van der Waals surface area contributed by atoms with E-state index in [-0.39, 0.29) is 62.9 Å². The molecule has 8 rings (SSSR count). The lowest BCUT2D eigenvalue weighted by atomic mass is 9.81. The number of benzene rings is 2. The molecular formula is C46H51FN8O11. The number of fused-ring (bicyclic) bond motifs is 5. The summed E-state index contributed by atoms with van der Waals surface area (Å²) in [6, 6.07) is 10.2. The van der Waals surface area contributed by atoms with Crippen molar-refractivity contribution in [3.63, 3.8) is 0 Å². The Morgan fingerprint density at radius 1 is 0.985 bits per heavy atom. The molecule has 20 heteroatoms. The number of aliphatic hydroxyl groups is 2. The van der Waals surface area contributed by atoms with Gasteiger partial charge < -0.3 is 50.8 Å². The van der Waals surface area contributed by atoms with Crippen molar-refractivity contribution >= 4 is 46.4 Å². The second-order valence-electron chi connectivity index (χ2n) is 17.1. The maximum Gasteiger partial charge on any atom is 0.343 e. The molecule has 0 saturated heterocycles. The number of cyclic esters (lactones) is 1. The Kier molecular flexibility index (Phi) is 13.0. The van der Waals surface area contributed by atoms with Crippen LogP contribution in [0.15, 0.2) is 47.3 Å². The summed E-state index contributed by atoms with van der Waals surface area (Å²) in [6.07, 6.45) is 2.00. The van der Waals surface area contributed by atoms with E-state index >= 15 is 4.39 Å². The van der Waals surface area contributed by atoms with E-state index in [0.717, 1.165) is 16.7 Å². The molecule has 0 unspecified atom stereocenters. The minimum atomic E-state index is -2.03. The monoisotopic (exact) mass is 910 g/mol. The number of amides is 5. The molecule has 2 aliphatic heterocycles. The van der Waals surface area contributed by atoms with Gasteiger partial charge in [-0.3, -0.25) is 34.1 Å². The van der Waals surface area contributed by atoms with Gasteiger partial charge in [-0.15, -0.1) is 0 Å². The Balaban J connectivity index is 0.908. The molecule has 2 aromatic carbocycles. The minimum absolute atomic E-state index is 0.0196. The molecule has 3 atom stereocenters. The molecule has 4 heterocycles. The van der Waals surface area contributed by atoms with Gasteiger partial charge in [0, 0.05) is 29.0 Å². The van der Waals surface area contributed by atoms with Crippen LogP contribution < -0.4 is 37.5 Å². The van der Waals surface area contributed by atoms with Gasteiger partial charge in [0.15, 0.2) is 5.60 Å². The van der Waals surface area contributed by atoms with E-state index in [1.165, 1.54) is 10.6 Å². The van der Waals surface area contributed by atoms with Crippen LogP contribution in [0.2, 0.25) is 0 Å². The standard InChI is InChI=1S/C46H51FN8O11/c1-3-46(64)29-14-34-40-27(19-55(34)42(61)28(29)20-66-44(46)63)39-31(10-9-26-24(2)30(47)15-32(53-40)38(26)39)54-43(62)45(11-12-45)21-65-23-51-36(58)17-50-41(60)33(13-25-7-5-4-6-8-25)52-37(59)18-49-35(57)16-48-22-56/h4-8,14-15,31,33,48,56,64H,3,9-13,16-23H2,1-2H3,(H,49,57)(H,50,60)(H,51,58)(H,52,59)(H,54,62)/t31-,33-,46-/m0/s1. The van der Waals surface area contributed by atoms with E-state index in [0.29, 0.717) is 59.1 Å². The van der Waals surface area contributed by atoms with E-state index in [9.17, 15) is 38.7 Å². The Labute approximate surface area is 377 Å². The van der Waals surface area contributed by atoms with Crippen molar-refractivity contribution < 1.29 is 52.8 Å². The predicted octanol–water partition coefficient (Wildman–Crippen LogP) is 0.000420. The SMILES string of the molecule is CC[C@@]1(O)C(=O)OCc2c1cc1n(c2=O)Cc2c-1nc1cc(F)c(C)c3c1c2[C@@H](NC(=O)C1(COCNC(=O)CNC(=O)[C@H](Cc2ccccc2)NC(=O)CNC(=O)CNCO)CC1)CC3. The van der Waals surface area contributed by atoms with Crippen LogP contribution in [-0.4, -0.2) is 101 Å². The average molecular weight is 911 g/mol. The number of esters is 1. The topological polar surface area (TPSA) is 268 Å². The quantitative estimate of drug-likeness (QED) is 0.0328. The zero-order chi connectivity index (χ0) is 46.9. The number of hydrogen-bond donors (Lipinski definition) is 8. The van der Waals surface area contributed by atoms with Crippen LogP contribution in [0.4, 0.5) is 4.39 Å². The van der Waals surface area contributed by atoms with E-state index in [4.69, 9.17) is 19.6 Å². The van der Waals surface area contributed by atoms with Crippen molar-refractivity contribution in [3.8, 4) is 11.4 Å². The molecule has 1 saturated carbocycles. The molecule has 5 amide bonds. The van der Waals surface area contributed by atoms with Crippen LogP contribution in [-0.2, 0) is 69.8 Å². The first-order chi connectivity index (χ1) is 31.7. The summed E-state index contributed by atoms with van der Waals surface area (Å²) in [6.45, 7) is 1.35. The van der Waals surface area contributed by atoms with Gasteiger partial charge in [-0.2, -0.15) is 0 Å². The summed E-state index contributed by atoms with van der Waals surface area (Å²) in [7, 11) is 0. The zero-order valence-electron chi connectivity index (χ0n) is 36.4. The van der Waals surface area contributed by atoms with E-state index in [1.54, 1.807) is 50.2 Å². The van der Waals surface area contributed by atoms with Gasteiger partial charge in [-0.25, -0.2) is 14.2 Å². The van der Waals surface area contributed by atoms with Crippen molar-refractivity contribution in [3.05, 3.63) is 97.6 Å². The molecule has 0 bridgehead atoms. The highest BCUT2D eigenvalue weighted by atomic mass is 19.1. The lowest BCUT2D eigenvalue weighted by Gasteiger charge is -2.31. The normalized spacial score (nSPS) is 18.8. The largest absolute Gasteiger partial charge is 0.458 e. The summed E-state index contributed by atoms with van der Waals surface area (Å²) >= 11 is 0. The molecule has 1 fully saturated rings. The van der Waals surface area contributed by atoms with Crippen molar-refractivity contribution in [2.75, 3.05) is 39.7 Å². The fourth-order valence-corrected chi connectivity index (χ4v) is 9.04. The number of aromatic nitrogens is 2. The molecule has 0 radical (unpaired) electrons. The number of rotatable bonds is 18. The average Bonchev–Trinajstić information content (AvgIpc) is 4.02. The molecule has 2 aromatic heterocycles. The summed E-state index contributed by atoms with van der Waals surface area (Å²) in [5.41, 5.74) is 1.46. The second kappa shape index (κ2) is 18.7. The maximum atomic E-state index is 15.4. The first kappa shape index (κ1) is 45.9. The van der Waals surface area contributed by atoms with Crippen LogP contribution in [0, 0.1) is 18.2 Å². The van der Waals surface area contributed by atoms with Gasteiger partial charge in [0.25, 0.3) is 5.56 Å². The number of nitrogens with one attached hydrogen (secondary N) is 6. The molecule has 4 aliphatic rings. The summed E-state index contributed by atoms with van der Waals surface area (Å²) in [4.78, 5) is 96.2. The number of carbonyl (C=O) groups excluding carboxylic acids is 6. The van der Waals surface area contributed by atoms with Crippen LogP contribution in [0.3, 0.4) is 0 Å². The van der Waals surface area contributed by atoms with Gasteiger partial charge in [0.05, 0.1) is 73.4 Å². The van der Waals surface area contributed by atoms with E-state index < -0.39 is 83.9 Å². The highest BCUT2D eigenvalue weighted by Gasteiger charge is 2.51. The Bertz CT molecular complexity index is 2710. The van der Waals surface area contributed by atoms with Crippen LogP contribution in [0.1, 0.15) is 77.6 Å². The molecule has 66 heavy (non-hydrogen) atoms. The number of aryl methyl sites for hydroxylation is 1. The van der Waals surface area contributed by atoms with Gasteiger partial charge >= 0.3 is 5.97 Å². The minimum Gasteiger partial charge on any atom is -0.458 e. The first-order valence-electron chi connectivity index (χ1n) is 21.8. The fraction of sp³-hybridized carbons (Fsp3) is 0.435. The van der Waals surface area contributed by atoms with E-state index in [2.05, 4.69) is 31.9 Å². The first-order valence-corrected chi connectivity index (χ1v) is 21.8. The Morgan fingerprint density at radius 2 is 1.73 bits per heavy atom. The third-order valence-corrected chi connectivity index (χ3v) is 13.0. The Morgan fingerprint density at radius 3 is 2.45 bits per heavy atom. The summed E-state index contributed by atoms with van der Waals surface area (Å²) in [5.74, 6) is -3.96. The molecule has 0 spiro atoms. The highest BCUT2D eigenvalue weighted by Crippen LogP contribution is 2.49.